The maximum Gasteiger partial charge on any atom is 0.299 e. The Labute approximate surface area is 68.2 Å². The third-order valence-corrected chi connectivity index (χ3v) is 1.88. The summed E-state index contributed by atoms with van der Waals surface area (Å²) in [5.74, 6) is 0.807. The van der Waals surface area contributed by atoms with Crippen LogP contribution in [0, 0.1) is 0 Å². The molecule has 0 amide bonds. The van der Waals surface area contributed by atoms with E-state index in [0.717, 1.165) is 6.54 Å². The molecular formula is C6H9N5O. The lowest BCUT2D eigenvalue weighted by molar-refractivity contribution is 0.792. The van der Waals surface area contributed by atoms with E-state index in [1.54, 1.807) is 4.57 Å². The zero-order chi connectivity index (χ0) is 8.72. The van der Waals surface area contributed by atoms with E-state index in [-0.39, 0.29) is 11.6 Å². The van der Waals surface area contributed by atoms with Crippen LogP contribution < -0.4 is 22.3 Å². The van der Waals surface area contributed by atoms with Crippen molar-refractivity contribution in [2.24, 2.45) is 0 Å². The highest BCUT2D eigenvalue weighted by molar-refractivity contribution is 5.64. The smallest absolute Gasteiger partial charge is 0.299 e. The molecule has 0 fully saturated rings. The Morgan fingerprint density at radius 3 is 3.00 bits per heavy atom. The molecule has 0 bridgehead atoms. The first kappa shape index (κ1) is 6.96. The third-order valence-electron chi connectivity index (χ3n) is 1.88. The summed E-state index contributed by atoms with van der Waals surface area (Å²) in [7, 11) is 0. The molecule has 0 saturated heterocycles. The van der Waals surface area contributed by atoms with E-state index < -0.39 is 5.56 Å². The van der Waals surface area contributed by atoms with Crippen molar-refractivity contribution < 1.29 is 0 Å². The second-order valence-corrected chi connectivity index (χ2v) is 2.62. The number of nitrogens with one attached hydrogen (secondary N) is 1. The van der Waals surface area contributed by atoms with Crippen molar-refractivity contribution in [1.29, 1.82) is 0 Å². The van der Waals surface area contributed by atoms with Gasteiger partial charge in [0.15, 0.2) is 0 Å². The molecule has 64 valence electrons. The lowest BCUT2D eigenvalue weighted by Crippen LogP contribution is -2.19. The van der Waals surface area contributed by atoms with Crippen LogP contribution in [0.25, 0.3) is 0 Å². The summed E-state index contributed by atoms with van der Waals surface area (Å²) in [6.45, 7) is 1.44. The minimum Gasteiger partial charge on any atom is -0.391 e. The van der Waals surface area contributed by atoms with Gasteiger partial charge < -0.3 is 16.8 Å². The van der Waals surface area contributed by atoms with Crippen molar-refractivity contribution in [3.8, 4) is 0 Å². The molecule has 0 unspecified atom stereocenters. The van der Waals surface area contributed by atoms with Crippen LogP contribution in [-0.2, 0) is 6.54 Å². The summed E-state index contributed by atoms with van der Waals surface area (Å²) >= 11 is 0. The Bertz CT molecular complexity index is 382. The topological polar surface area (TPSA) is 99.0 Å². The second-order valence-electron chi connectivity index (χ2n) is 2.62. The number of hydrogen-bond donors (Lipinski definition) is 3. The van der Waals surface area contributed by atoms with Crippen LogP contribution in [0.15, 0.2) is 4.79 Å². The quantitative estimate of drug-likeness (QED) is 0.452. The first-order valence-corrected chi connectivity index (χ1v) is 3.60. The molecule has 1 aliphatic heterocycles. The van der Waals surface area contributed by atoms with Crippen molar-refractivity contribution in [2.75, 3.05) is 23.3 Å². The molecule has 1 aromatic rings. The van der Waals surface area contributed by atoms with Crippen LogP contribution in [0.4, 0.5) is 17.5 Å². The van der Waals surface area contributed by atoms with Gasteiger partial charge in [-0.05, 0) is 0 Å². The van der Waals surface area contributed by atoms with E-state index in [4.69, 9.17) is 11.5 Å². The van der Waals surface area contributed by atoms with E-state index in [0.29, 0.717) is 12.4 Å². The summed E-state index contributed by atoms with van der Waals surface area (Å²) in [5, 5.41) is 2.97. The predicted octanol–water partition coefficient (Wildman–Crippen LogP) is -1.17. The number of hydrogen-bond acceptors (Lipinski definition) is 5. The summed E-state index contributed by atoms with van der Waals surface area (Å²) in [5.41, 5.74) is 10.7. The zero-order valence-corrected chi connectivity index (χ0v) is 6.37. The minimum atomic E-state index is -0.465. The Hall–Kier alpha value is -1.72. The highest BCUT2D eigenvalue weighted by atomic mass is 16.1. The standard InChI is InChI=1S/C6H9N5O/c7-3-4-9-1-2-11(4)6(8)10-5(3)12/h9H,1-2,7H2,(H2,8,10,12). The van der Waals surface area contributed by atoms with Crippen LogP contribution in [0.2, 0.25) is 0 Å². The summed E-state index contributed by atoms with van der Waals surface area (Å²) in [4.78, 5) is 14.6. The number of nitrogen functional groups attached to an aromatic ring is 2. The fourth-order valence-electron chi connectivity index (χ4n) is 1.29. The number of nitrogens with two attached hydrogens (primary N) is 2. The molecule has 2 heterocycles. The van der Waals surface area contributed by atoms with Gasteiger partial charge in [-0.1, -0.05) is 0 Å². The highest BCUT2D eigenvalue weighted by Gasteiger charge is 2.16. The van der Waals surface area contributed by atoms with E-state index in [1.165, 1.54) is 0 Å². The van der Waals surface area contributed by atoms with Crippen molar-refractivity contribution in [3.63, 3.8) is 0 Å². The first-order valence-electron chi connectivity index (χ1n) is 3.60. The monoisotopic (exact) mass is 167 g/mol. The van der Waals surface area contributed by atoms with Crippen molar-refractivity contribution in [3.05, 3.63) is 10.4 Å². The van der Waals surface area contributed by atoms with Crippen LogP contribution in [0.5, 0.6) is 0 Å². The molecule has 12 heavy (non-hydrogen) atoms. The third kappa shape index (κ3) is 0.744. The summed E-state index contributed by atoms with van der Waals surface area (Å²) in [6.07, 6.45) is 0. The van der Waals surface area contributed by atoms with Gasteiger partial charge in [-0.3, -0.25) is 9.36 Å². The molecule has 0 aromatic carbocycles. The lowest BCUT2D eigenvalue weighted by atomic mass is 10.5. The van der Waals surface area contributed by atoms with Gasteiger partial charge in [0.2, 0.25) is 5.95 Å². The molecule has 0 spiro atoms. The average molecular weight is 167 g/mol. The number of aromatic nitrogens is 2. The fourth-order valence-corrected chi connectivity index (χ4v) is 1.29. The van der Waals surface area contributed by atoms with Gasteiger partial charge in [-0.25, -0.2) is 0 Å². The summed E-state index contributed by atoms with van der Waals surface area (Å²) in [6, 6.07) is 0. The van der Waals surface area contributed by atoms with Gasteiger partial charge in [-0.15, -0.1) is 0 Å². The zero-order valence-electron chi connectivity index (χ0n) is 6.37. The van der Waals surface area contributed by atoms with Crippen LogP contribution in [0.1, 0.15) is 0 Å². The number of fused-ring (bicyclic) bond motifs is 1. The van der Waals surface area contributed by atoms with Gasteiger partial charge in [0, 0.05) is 13.1 Å². The number of anilines is 3. The molecule has 0 radical (unpaired) electrons. The van der Waals surface area contributed by atoms with Crippen LogP contribution in [-0.4, -0.2) is 16.1 Å². The van der Waals surface area contributed by atoms with Crippen LogP contribution >= 0.6 is 0 Å². The lowest BCUT2D eigenvalue weighted by Gasteiger charge is -2.06. The first-order chi connectivity index (χ1) is 5.70. The van der Waals surface area contributed by atoms with E-state index in [9.17, 15) is 4.79 Å². The molecular weight excluding hydrogens is 158 g/mol. The maximum atomic E-state index is 11.0. The Morgan fingerprint density at radius 1 is 1.50 bits per heavy atom. The number of nitrogens with zero attached hydrogens (tertiary/aromatic N) is 2. The van der Waals surface area contributed by atoms with Gasteiger partial charge in [0.1, 0.15) is 11.5 Å². The van der Waals surface area contributed by atoms with Crippen molar-refractivity contribution in [1.82, 2.24) is 9.55 Å². The Kier molecular flexibility index (Phi) is 1.24. The van der Waals surface area contributed by atoms with Crippen LogP contribution in [0.3, 0.4) is 0 Å². The maximum absolute atomic E-state index is 11.0. The molecule has 1 aliphatic rings. The van der Waals surface area contributed by atoms with Crippen molar-refractivity contribution in [2.45, 2.75) is 6.54 Å². The van der Waals surface area contributed by atoms with E-state index >= 15 is 0 Å². The largest absolute Gasteiger partial charge is 0.391 e. The van der Waals surface area contributed by atoms with Gasteiger partial charge >= 0.3 is 0 Å². The van der Waals surface area contributed by atoms with E-state index in [2.05, 4.69) is 10.3 Å². The number of rotatable bonds is 0. The van der Waals surface area contributed by atoms with Crippen molar-refractivity contribution >= 4 is 17.5 Å². The Balaban J connectivity index is 2.78. The molecule has 0 atom stereocenters. The molecule has 6 heteroatoms. The molecule has 0 aliphatic carbocycles. The van der Waals surface area contributed by atoms with Gasteiger partial charge in [-0.2, -0.15) is 4.98 Å². The normalized spacial score (nSPS) is 14.0. The second kappa shape index (κ2) is 2.13. The molecule has 1 aromatic heterocycles. The summed E-state index contributed by atoms with van der Waals surface area (Å²) < 4.78 is 1.69. The SMILES string of the molecule is Nc1c2n(c(N)nc1=O)CCN2. The highest BCUT2D eigenvalue weighted by Crippen LogP contribution is 2.20. The molecule has 5 N–H and O–H groups in total. The van der Waals surface area contributed by atoms with Gasteiger partial charge in [0.05, 0.1) is 0 Å². The molecule has 0 saturated carbocycles. The Morgan fingerprint density at radius 2 is 2.25 bits per heavy atom. The minimum absolute atomic E-state index is 0.140. The average Bonchev–Trinajstić information content (AvgIpc) is 2.48. The van der Waals surface area contributed by atoms with E-state index in [1.807, 2.05) is 0 Å². The molecule has 6 nitrogen and oxygen atoms in total. The fraction of sp³-hybridized carbons (Fsp3) is 0.333. The predicted molar refractivity (Wildman–Crippen MR) is 45.8 cm³/mol. The van der Waals surface area contributed by atoms with Gasteiger partial charge in [0.25, 0.3) is 5.56 Å². The molecule has 2 rings (SSSR count).